The molecule has 0 radical (unpaired) electrons. The molecule has 0 fully saturated rings. The summed E-state index contributed by atoms with van der Waals surface area (Å²) in [6.07, 6.45) is 0. The number of aromatic nitrogens is 2. The molecule has 0 aliphatic rings. The lowest BCUT2D eigenvalue weighted by Gasteiger charge is -2.04. The van der Waals surface area contributed by atoms with E-state index in [2.05, 4.69) is 25.9 Å². The van der Waals surface area contributed by atoms with E-state index in [1.165, 1.54) is 0 Å². The minimum atomic E-state index is -0.147. The zero-order valence-electron chi connectivity index (χ0n) is 7.97. The van der Waals surface area contributed by atoms with Gasteiger partial charge in [0.1, 0.15) is 5.82 Å². The molecule has 15 heavy (non-hydrogen) atoms. The number of nitrogens with zero attached hydrogens (tertiary/aromatic N) is 1. The lowest BCUT2D eigenvalue weighted by Crippen LogP contribution is -2.11. The Kier molecular flexibility index (Phi) is 2.80. The molecule has 0 atom stereocenters. The molecule has 1 N–H and O–H groups in total. The van der Waals surface area contributed by atoms with Gasteiger partial charge in [0.15, 0.2) is 0 Å². The first-order valence-electron chi connectivity index (χ1n) is 4.37. The first-order chi connectivity index (χ1) is 7.13. The van der Waals surface area contributed by atoms with Crippen molar-refractivity contribution in [2.24, 2.45) is 0 Å². The number of H-pyrrole nitrogens is 1. The molecule has 3 nitrogen and oxygen atoms in total. The molecule has 1 heterocycles. The van der Waals surface area contributed by atoms with Gasteiger partial charge in [-0.25, -0.2) is 4.98 Å². The SMILES string of the molecule is Cc1c(Br)ccc2c(=O)[nH]c(CCl)nc12. The number of alkyl halides is 1. The molecular weight excluding hydrogens is 279 g/mol. The van der Waals surface area contributed by atoms with Gasteiger partial charge in [0.05, 0.1) is 16.8 Å². The van der Waals surface area contributed by atoms with Crippen LogP contribution in [-0.2, 0) is 5.88 Å². The second kappa shape index (κ2) is 3.94. The van der Waals surface area contributed by atoms with Crippen LogP contribution in [0.3, 0.4) is 0 Å². The average molecular weight is 288 g/mol. The molecule has 0 aliphatic heterocycles. The molecule has 0 unspecified atom stereocenters. The van der Waals surface area contributed by atoms with E-state index in [4.69, 9.17) is 11.6 Å². The number of benzene rings is 1. The minimum Gasteiger partial charge on any atom is -0.309 e. The number of hydrogen-bond acceptors (Lipinski definition) is 2. The van der Waals surface area contributed by atoms with Gasteiger partial charge in [0, 0.05) is 4.47 Å². The molecule has 0 spiro atoms. The second-order valence-corrected chi connectivity index (χ2v) is 4.34. The lowest BCUT2D eigenvalue weighted by molar-refractivity contribution is 1.03. The van der Waals surface area contributed by atoms with Crippen LogP contribution in [0.5, 0.6) is 0 Å². The van der Waals surface area contributed by atoms with E-state index in [1.54, 1.807) is 6.07 Å². The average Bonchev–Trinajstić information content (AvgIpc) is 2.23. The van der Waals surface area contributed by atoms with Gasteiger partial charge in [-0.1, -0.05) is 15.9 Å². The molecule has 1 aromatic carbocycles. The highest BCUT2D eigenvalue weighted by atomic mass is 79.9. The van der Waals surface area contributed by atoms with Crippen LogP contribution < -0.4 is 5.56 Å². The van der Waals surface area contributed by atoms with E-state index in [0.717, 1.165) is 10.0 Å². The van der Waals surface area contributed by atoms with Gasteiger partial charge in [0.25, 0.3) is 5.56 Å². The Labute approximate surface area is 99.6 Å². The fourth-order valence-corrected chi connectivity index (χ4v) is 1.87. The number of halogens is 2. The maximum absolute atomic E-state index is 11.7. The Morgan fingerprint density at radius 3 is 2.93 bits per heavy atom. The Morgan fingerprint density at radius 1 is 1.53 bits per heavy atom. The highest BCUT2D eigenvalue weighted by Gasteiger charge is 2.07. The zero-order chi connectivity index (χ0) is 11.0. The molecule has 78 valence electrons. The molecule has 1 aromatic heterocycles. The number of aromatic amines is 1. The van der Waals surface area contributed by atoms with Gasteiger partial charge in [-0.15, -0.1) is 11.6 Å². The predicted molar refractivity (Wildman–Crippen MR) is 64.4 cm³/mol. The molecule has 0 saturated carbocycles. The number of fused-ring (bicyclic) bond motifs is 1. The van der Waals surface area contributed by atoms with Gasteiger partial charge in [-0.3, -0.25) is 4.79 Å². The molecule has 2 rings (SSSR count). The summed E-state index contributed by atoms with van der Waals surface area (Å²) in [5, 5.41) is 0.588. The van der Waals surface area contributed by atoms with E-state index in [-0.39, 0.29) is 11.4 Å². The third-order valence-corrected chi connectivity index (χ3v) is 3.35. The molecular formula is C10H8BrClN2O. The summed E-state index contributed by atoms with van der Waals surface area (Å²) >= 11 is 9.05. The van der Waals surface area contributed by atoms with E-state index in [1.807, 2.05) is 13.0 Å². The van der Waals surface area contributed by atoms with Gasteiger partial charge >= 0.3 is 0 Å². The van der Waals surface area contributed by atoms with Crippen LogP contribution in [0.4, 0.5) is 0 Å². The number of hydrogen-bond donors (Lipinski definition) is 1. The van der Waals surface area contributed by atoms with Crippen LogP contribution in [0.2, 0.25) is 0 Å². The fraction of sp³-hybridized carbons (Fsp3) is 0.200. The summed E-state index contributed by atoms with van der Waals surface area (Å²) in [7, 11) is 0. The third-order valence-electron chi connectivity index (χ3n) is 2.24. The monoisotopic (exact) mass is 286 g/mol. The van der Waals surface area contributed by atoms with Crippen molar-refractivity contribution in [1.29, 1.82) is 0 Å². The normalized spacial score (nSPS) is 10.9. The van der Waals surface area contributed by atoms with Crippen molar-refractivity contribution in [1.82, 2.24) is 9.97 Å². The van der Waals surface area contributed by atoms with E-state index in [9.17, 15) is 4.79 Å². The first-order valence-corrected chi connectivity index (χ1v) is 5.70. The van der Waals surface area contributed by atoms with Crippen LogP contribution in [-0.4, -0.2) is 9.97 Å². The van der Waals surface area contributed by atoms with Crippen molar-refractivity contribution < 1.29 is 0 Å². The molecule has 2 aromatic rings. The van der Waals surface area contributed by atoms with Gasteiger partial charge < -0.3 is 4.98 Å². The highest BCUT2D eigenvalue weighted by Crippen LogP contribution is 2.22. The Hall–Kier alpha value is -0.870. The lowest BCUT2D eigenvalue weighted by atomic mass is 10.1. The summed E-state index contributed by atoms with van der Waals surface area (Å²) in [4.78, 5) is 18.6. The Morgan fingerprint density at radius 2 is 2.27 bits per heavy atom. The zero-order valence-corrected chi connectivity index (χ0v) is 10.3. The van der Waals surface area contributed by atoms with E-state index < -0.39 is 0 Å². The Bertz CT molecular complexity index is 579. The van der Waals surface area contributed by atoms with E-state index >= 15 is 0 Å². The van der Waals surface area contributed by atoms with Crippen molar-refractivity contribution in [2.45, 2.75) is 12.8 Å². The molecule has 0 saturated heterocycles. The number of nitrogens with one attached hydrogen (secondary N) is 1. The summed E-state index contributed by atoms with van der Waals surface area (Å²) in [6.45, 7) is 1.91. The van der Waals surface area contributed by atoms with Crippen LogP contribution in [0.25, 0.3) is 10.9 Å². The summed E-state index contributed by atoms with van der Waals surface area (Å²) in [5.41, 5.74) is 1.50. The Balaban J connectivity index is 2.93. The maximum Gasteiger partial charge on any atom is 0.258 e. The van der Waals surface area contributed by atoms with Crippen molar-refractivity contribution in [3.8, 4) is 0 Å². The maximum atomic E-state index is 11.7. The van der Waals surface area contributed by atoms with Gasteiger partial charge in [-0.2, -0.15) is 0 Å². The minimum absolute atomic E-state index is 0.147. The summed E-state index contributed by atoms with van der Waals surface area (Å²) in [6, 6.07) is 3.59. The topological polar surface area (TPSA) is 45.8 Å². The van der Waals surface area contributed by atoms with Crippen molar-refractivity contribution >= 4 is 38.4 Å². The van der Waals surface area contributed by atoms with Crippen LogP contribution in [0, 0.1) is 6.92 Å². The summed E-state index contributed by atoms with van der Waals surface area (Å²) in [5.74, 6) is 0.701. The van der Waals surface area contributed by atoms with Crippen LogP contribution in [0.15, 0.2) is 21.4 Å². The first kappa shape index (κ1) is 10.6. The van der Waals surface area contributed by atoms with Crippen LogP contribution in [0.1, 0.15) is 11.4 Å². The standard InChI is InChI=1S/C10H8BrClN2O/c1-5-7(11)3-2-6-9(5)13-8(4-12)14-10(6)15/h2-3H,4H2,1H3,(H,13,14,15). The quantitative estimate of drug-likeness (QED) is 0.820. The number of aryl methyl sites for hydroxylation is 1. The number of rotatable bonds is 1. The predicted octanol–water partition coefficient (Wildman–Crippen LogP) is 2.73. The van der Waals surface area contributed by atoms with E-state index in [0.29, 0.717) is 16.7 Å². The van der Waals surface area contributed by atoms with Crippen LogP contribution >= 0.6 is 27.5 Å². The van der Waals surface area contributed by atoms with Crippen molar-refractivity contribution in [3.63, 3.8) is 0 Å². The molecule has 5 heteroatoms. The van der Waals surface area contributed by atoms with Gasteiger partial charge in [0.2, 0.25) is 0 Å². The van der Waals surface area contributed by atoms with Gasteiger partial charge in [-0.05, 0) is 24.6 Å². The summed E-state index contributed by atoms with van der Waals surface area (Å²) < 4.78 is 0.939. The van der Waals surface area contributed by atoms with Crippen molar-refractivity contribution in [3.05, 3.63) is 38.3 Å². The molecule has 0 aliphatic carbocycles. The fourth-order valence-electron chi connectivity index (χ4n) is 1.43. The van der Waals surface area contributed by atoms with Crippen molar-refractivity contribution in [2.75, 3.05) is 0 Å². The third kappa shape index (κ3) is 1.79. The highest BCUT2D eigenvalue weighted by molar-refractivity contribution is 9.10. The molecule has 0 bridgehead atoms. The largest absolute Gasteiger partial charge is 0.309 e. The second-order valence-electron chi connectivity index (χ2n) is 3.21. The smallest absolute Gasteiger partial charge is 0.258 e. The molecule has 0 amide bonds.